The summed E-state index contributed by atoms with van der Waals surface area (Å²) in [4.78, 5) is 10.4. The molecule has 2 nitrogen and oxygen atoms in total. The van der Waals surface area contributed by atoms with E-state index in [0.29, 0.717) is 0 Å². The Morgan fingerprint density at radius 1 is 0.625 bits per heavy atom. The third-order valence-electron chi connectivity index (χ3n) is 4.31. The molecular formula is C22H40O2. The highest BCUT2D eigenvalue weighted by Crippen LogP contribution is 2.09. The smallest absolute Gasteiger partial charge is 0.303 e. The quantitative estimate of drug-likeness (QED) is 0.208. The van der Waals surface area contributed by atoms with Crippen molar-refractivity contribution in [2.75, 3.05) is 0 Å². The summed E-state index contributed by atoms with van der Waals surface area (Å²) in [5, 5.41) is 8.53. The van der Waals surface area contributed by atoms with Gasteiger partial charge in [-0.1, -0.05) is 76.2 Å². The molecule has 0 amide bonds. The Morgan fingerprint density at radius 2 is 1.00 bits per heavy atom. The third-order valence-corrected chi connectivity index (χ3v) is 4.31. The van der Waals surface area contributed by atoms with Crippen LogP contribution in [0.5, 0.6) is 0 Å². The molecule has 0 aromatic carbocycles. The average molecular weight is 337 g/mol. The Morgan fingerprint density at radius 3 is 1.42 bits per heavy atom. The van der Waals surface area contributed by atoms with Crippen LogP contribution in [-0.4, -0.2) is 11.1 Å². The van der Waals surface area contributed by atoms with Gasteiger partial charge in [0.05, 0.1) is 0 Å². The van der Waals surface area contributed by atoms with E-state index in [4.69, 9.17) is 5.11 Å². The standard InChI is InChI=1S/C22H40O2/c1-2-3-4-5-6-7-8-9-10-11-12-13-14-15-16-17-18-19-20-21-22(23)24/h9-10,17-18H,2-8,11-16,19-21H2,1H3,(H,23,24)/b10-9-,18-17-. The van der Waals surface area contributed by atoms with Crippen LogP contribution in [0.2, 0.25) is 0 Å². The van der Waals surface area contributed by atoms with Crippen molar-refractivity contribution in [3.8, 4) is 0 Å². The summed E-state index contributed by atoms with van der Waals surface area (Å²) in [6.07, 6.45) is 28.2. The molecule has 0 saturated carbocycles. The molecule has 0 unspecified atom stereocenters. The van der Waals surface area contributed by atoms with Crippen molar-refractivity contribution in [2.24, 2.45) is 0 Å². The number of allylic oxidation sites excluding steroid dienone is 4. The number of carbonyl (C=O) groups is 1. The van der Waals surface area contributed by atoms with Crippen molar-refractivity contribution in [2.45, 2.75) is 110 Å². The second-order valence-corrected chi connectivity index (χ2v) is 6.78. The van der Waals surface area contributed by atoms with Gasteiger partial charge in [0.15, 0.2) is 0 Å². The van der Waals surface area contributed by atoms with Gasteiger partial charge in [0.25, 0.3) is 0 Å². The highest BCUT2D eigenvalue weighted by atomic mass is 16.4. The first-order chi connectivity index (χ1) is 11.8. The summed E-state index contributed by atoms with van der Waals surface area (Å²) in [5.74, 6) is -0.690. The molecule has 24 heavy (non-hydrogen) atoms. The van der Waals surface area contributed by atoms with E-state index in [2.05, 4.69) is 31.2 Å². The van der Waals surface area contributed by atoms with E-state index in [-0.39, 0.29) is 6.42 Å². The van der Waals surface area contributed by atoms with Gasteiger partial charge in [0.1, 0.15) is 0 Å². The predicted molar refractivity (Wildman–Crippen MR) is 105 cm³/mol. The van der Waals surface area contributed by atoms with E-state index >= 15 is 0 Å². The Hall–Kier alpha value is -1.05. The van der Waals surface area contributed by atoms with Crippen LogP contribution in [-0.2, 0) is 4.79 Å². The van der Waals surface area contributed by atoms with Gasteiger partial charge in [-0.3, -0.25) is 4.79 Å². The molecule has 0 heterocycles. The number of carboxylic acids is 1. The average Bonchev–Trinajstić information content (AvgIpc) is 2.56. The fourth-order valence-electron chi connectivity index (χ4n) is 2.76. The number of carboxylic acid groups (broad SMARTS) is 1. The molecule has 0 fully saturated rings. The topological polar surface area (TPSA) is 37.3 Å². The second-order valence-electron chi connectivity index (χ2n) is 6.78. The molecule has 0 aromatic rings. The highest BCUT2D eigenvalue weighted by molar-refractivity contribution is 5.66. The Balaban J connectivity index is 3.15. The monoisotopic (exact) mass is 336 g/mol. The molecule has 0 bridgehead atoms. The Kier molecular flexibility index (Phi) is 19.1. The lowest BCUT2D eigenvalue weighted by Crippen LogP contribution is -1.92. The van der Waals surface area contributed by atoms with E-state index in [1.807, 2.05) is 0 Å². The zero-order valence-electron chi connectivity index (χ0n) is 16.0. The van der Waals surface area contributed by atoms with Gasteiger partial charge in [-0.25, -0.2) is 0 Å². The lowest BCUT2D eigenvalue weighted by Gasteiger charge is -1.98. The summed E-state index contributed by atoms with van der Waals surface area (Å²) >= 11 is 0. The molecule has 0 aliphatic carbocycles. The van der Waals surface area contributed by atoms with Crippen LogP contribution in [0, 0.1) is 0 Å². The Bertz CT molecular complexity index is 318. The lowest BCUT2D eigenvalue weighted by molar-refractivity contribution is -0.137. The van der Waals surface area contributed by atoms with Crippen molar-refractivity contribution >= 4 is 5.97 Å². The maximum Gasteiger partial charge on any atom is 0.303 e. The first kappa shape index (κ1) is 22.9. The molecule has 140 valence electrons. The van der Waals surface area contributed by atoms with E-state index in [1.165, 1.54) is 77.0 Å². The fourth-order valence-corrected chi connectivity index (χ4v) is 2.76. The minimum absolute atomic E-state index is 0.288. The summed E-state index contributed by atoms with van der Waals surface area (Å²) in [6.45, 7) is 2.27. The maximum atomic E-state index is 10.4. The number of aliphatic carboxylic acids is 1. The van der Waals surface area contributed by atoms with Gasteiger partial charge >= 0.3 is 5.97 Å². The number of hydrogen-bond acceptors (Lipinski definition) is 1. The molecule has 0 radical (unpaired) electrons. The molecule has 0 aliphatic rings. The summed E-state index contributed by atoms with van der Waals surface area (Å²) in [5.41, 5.74) is 0. The fraction of sp³-hybridized carbons (Fsp3) is 0.773. The molecule has 2 heteroatoms. The van der Waals surface area contributed by atoms with E-state index < -0.39 is 5.97 Å². The van der Waals surface area contributed by atoms with Crippen molar-refractivity contribution in [3.05, 3.63) is 24.3 Å². The van der Waals surface area contributed by atoms with Gasteiger partial charge in [0.2, 0.25) is 0 Å². The second kappa shape index (κ2) is 20.0. The van der Waals surface area contributed by atoms with E-state index in [9.17, 15) is 4.79 Å². The summed E-state index contributed by atoms with van der Waals surface area (Å²) < 4.78 is 0. The molecule has 0 atom stereocenters. The molecule has 0 spiro atoms. The van der Waals surface area contributed by atoms with Gasteiger partial charge in [-0.2, -0.15) is 0 Å². The van der Waals surface area contributed by atoms with E-state index in [1.54, 1.807) is 0 Å². The third kappa shape index (κ3) is 20.9. The zero-order chi connectivity index (χ0) is 17.7. The van der Waals surface area contributed by atoms with Crippen molar-refractivity contribution < 1.29 is 9.90 Å². The number of rotatable bonds is 18. The minimum atomic E-state index is -0.690. The molecule has 0 aromatic heterocycles. The largest absolute Gasteiger partial charge is 0.481 e. The van der Waals surface area contributed by atoms with Crippen molar-refractivity contribution in [1.29, 1.82) is 0 Å². The lowest BCUT2D eigenvalue weighted by atomic mass is 10.1. The summed E-state index contributed by atoms with van der Waals surface area (Å²) in [6, 6.07) is 0. The number of hydrogen-bond donors (Lipinski definition) is 1. The molecule has 0 rings (SSSR count). The predicted octanol–water partition coefficient (Wildman–Crippen LogP) is 7.44. The van der Waals surface area contributed by atoms with E-state index in [0.717, 1.165) is 19.3 Å². The van der Waals surface area contributed by atoms with Crippen molar-refractivity contribution in [3.63, 3.8) is 0 Å². The van der Waals surface area contributed by atoms with Gasteiger partial charge < -0.3 is 5.11 Å². The first-order valence-electron chi connectivity index (χ1n) is 10.3. The van der Waals surface area contributed by atoms with Crippen molar-refractivity contribution in [1.82, 2.24) is 0 Å². The van der Waals surface area contributed by atoms with Crippen LogP contribution in [0.1, 0.15) is 110 Å². The first-order valence-corrected chi connectivity index (χ1v) is 10.3. The van der Waals surface area contributed by atoms with Gasteiger partial charge in [0, 0.05) is 6.42 Å². The SMILES string of the molecule is CCCCCCCC/C=C\CCCCCC/C=C\CCCC(=O)O. The minimum Gasteiger partial charge on any atom is -0.481 e. The van der Waals surface area contributed by atoms with Crippen LogP contribution >= 0.6 is 0 Å². The maximum absolute atomic E-state index is 10.4. The Labute approximate surface area is 150 Å². The zero-order valence-corrected chi connectivity index (χ0v) is 16.0. The molecule has 0 aliphatic heterocycles. The van der Waals surface area contributed by atoms with Crippen LogP contribution in [0.25, 0.3) is 0 Å². The van der Waals surface area contributed by atoms with Crippen LogP contribution in [0.3, 0.4) is 0 Å². The number of unbranched alkanes of at least 4 members (excludes halogenated alkanes) is 12. The van der Waals surface area contributed by atoms with Gasteiger partial charge in [-0.15, -0.1) is 0 Å². The van der Waals surface area contributed by atoms with Crippen LogP contribution in [0.15, 0.2) is 24.3 Å². The molecule has 1 N–H and O–H groups in total. The molecular weight excluding hydrogens is 296 g/mol. The summed E-state index contributed by atoms with van der Waals surface area (Å²) in [7, 11) is 0. The van der Waals surface area contributed by atoms with Crippen LogP contribution in [0.4, 0.5) is 0 Å². The van der Waals surface area contributed by atoms with Gasteiger partial charge in [-0.05, 0) is 51.4 Å². The van der Waals surface area contributed by atoms with Crippen LogP contribution < -0.4 is 0 Å². The normalized spacial score (nSPS) is 11.7. The highest BCUT2D eigenvalue weighted by Gasteiger charge is 1.93. The molecule has 0 saturated heterocycles.